The topological polar surface area (TPSA) is 41.6 Å². The molecule has 1 N–H and O–H groups in total. The Labute approximate surface area is 135 Å². The van der Waals surface area contributed by atoms with Gasteiger partial charge in [0.1, 0.15) is 0 Å². The molecule has 0 aromatic carbocycles. The summed E-state index contributed by atoms with van der Waals surface area (Å²) in [5.41, 5.74) is 0. The minimum absolute atomic E-state index is 0. The molecule has 2 saturated heterocycles. The normalized spacial score (nSPS) is 25.0. The molecule has 21 heavy (non-hydrogen) atoms. The van der Waals surface area contributed by atoms with Crippen molar-refractivity contribution in [1.29, 1.82) is 0 Å². The van der Waals surface area contributed by atoms with Crippen molar-refractivity contribution in [2.45, 2.75) is 39.0 Å². The number of rotatable bonds is 5. The molecule has 0 spiro atoms. The van der Waals surface area contributed by atoms with E-state index >= 15 is 0 Å². The molecule has 0 aliphatic carbocycles. The Hall–Kier alpha value is -0.320. The number of carbonyl (C=O) groups is 1. The minimum atomic E-state index is 0. The zero-order chi connectivity index (χ0) is 14.4. The number of hydrogen-bond donors (Lipinski definition) is 1. The highest BCUT2D eigenvalue weighted by Gasteiger charge is 2.24. The summed E-state index contributed by atoms with van der Waals surface area (Å²) in [4.78, 5) is 14.3. The van der Waals surface area contributed by atoms with Crippen LogP contribution in [0.4, 0.5) is 0 Å². The summed E-state index contributed by atoms with van der Waals surface area (Å²) >= 11 is 0. The van der Waals surface area contributed by atoms with E-state index in [9.17, 15) is 4.79 Å². The summed E-state index contributed by atoms with van der Waals surface area (Å²) in [6.45, 7) is 7.03. The Morgan fingerprint density at radius 3 is 2.67 bits per heavy atom. The van der Waals surface area contributed by atoms with E-state index in [2.05, 4.69) is 12.2 Å². The first-order valence-electron chi connectivity index (χ1n) is 8.19. The molecular weight excluding hydrogens is 288 g/mol. The molecular formula is C16H31ClN2O2. The van der Waals surface area contributed by atoms with E-state index in [0.29, 0.717) is 30.1 Å². The Morgan fingerprint density at radius 1 is 1.33 bits per heavy atom. The summed E-state index contributed by atoms with van der Waals surface area (Å²) in [7, 11) is 1.95. The fourth-order valence-electron chi connectivity index (χ4n) is 3.45. The van der Waals surface area contributed by atoms with Gasteiger partial charge in [0.25, 0.3) is 0 Å². The second-order valence-electron chi connectivity index (χ2n) is 6.63. The number of piperidine rings is 1. The highest BCUT2D eigenvalue weighted by Crippen LogP contribution is 2.25. The number of nitrogens with zero attached hydrogens (tertiary/aromatic N) is 1. The number of nitrogens with one attached hydrogen (secondary N) is 1. The van der Waals surface area contributed by atoms with Crippen LogP contribution < -0.4 is 5.32 Å². The molecule has 4 nitrogen and oxygen atoms in total. The molecule has 2 heterocycles. The fraction of sp³-hybridized carbons (Fsp3) is 0.938. The van der Waals surface area contributed by atoms with E-state index in [-0.39, 0.29) is 12.4 Å². The summed E-state index contributed by atoms with van der Waals surface area (Å²) < 4.78 is 5.49. The van der Waals surface area contributed by atoms with Crippen LogP contribution in [0.1, 0.15) is 39.0 Å². The predicted molar refractivity (Wildman–Crippen MR) is 87.8 cm³/mol. The van der Waals surface area contributed by atoms with Crippen molar-refractivity contribution in [1.82, 2.24) is 10.2 Å². The maximum atomic E-state index is 12.3. The largest absolute Gasteiger partial charge is 0.381 e. The predicted octanol–water partition coefficient (Wildman–Crippen LogP) is 2.32. The van der Waals surface area contributed by atoms with Crippen LogP contribution in [0.2, 0.25) is 0 Å². The van der Waals surface area contributed by atoms with Gasteiger partial charge < -0.3 is 15.0 Å². The first-order valence-corrected chi connectivity index (χ1v) is 8.19. The molecule has 2 aliphatic heterocycles. The molecule has 0 aromatic heterocycles. The summed E-state index contributed by atoms with van der Waals surface area (Å²) in [5, 5.41) is 3.39. The second kappa shape index (κ2) is 9.65. The molecule has 0 saturated carbocycles. The van der Waals surface area contributed by atoms with Gasteiger partial charge in [0.15, 0.2) is 0 Å². The minimum Gasteiger partial charge on any atom is -0.381 e. The van der Waals surface area contributed by atoms with Crippen LogP contribution in [0.3, 0.4) is 0 Å². The third-order valence-corrected chi connectivity index (χ3v) is 4.90. The Morgan fingerprint density at radius 2 is 2.05 bits per heavy atom. The lowest BCUT2D eigenvalue weighted by Gasteiger charge is -2.31. The molecule has 124 valence electrons. The average molecular weight is 319 g/mol. The zero-order valence-corrected chi connectivity index (χ0v) is 14.3. The highest BCUT2D eigenvalue weighted by molar-refractivity contribution is 5.85. The third kappa shape index (κ3) is 6.13. The van der Waals surface area contributed by atoms with Gasteiger partial charge >= 0.3 is 0 Å². The molecule has 2 rings (SSSR count). The van der Waals surface area contributed by atoms with E-state index in [1.807, 2.05) is 11.9 Å². The Balaban J connectivity index is 0.00000220. The number of carbonyl (C=O) groups excluding carboxylic acids is 1. The van der Waals surface area contributed by atoms with Gasteiger partial charge in [0, 0.05) is 26.6 Å². The smallest absolute Gasteiger partial charge is 0.222 e. The van der Waals surface area contributed by atoms with E-state index in [4.69, 9.17) is 4.74 Å². The molecule has 0 radical (unpaired) electrons. The lowest BCUT2D eigenvalue weighted by Crippen LogP contribution is -2.37. The van der Waals surface area contributed by atoms with Crippen LogP contribution in [0, 0.1) is 17.8 Å². The van der Waals surface area contributed by atoms with Gasteiger partial charge in [0.05, 0.1) is 6.61 Å². The van der Waals surface area contributed by atoms with E-state index in [0.717, 1.165) is 39.3 Å². The maximum absolute atomic E-state index is 12.3. The van der Waals surface area contributed by atoms with Crippen molar-refractivity contribution < 1.29 is 9.53 Å². The second-order valence-corrected chi connectivity index (χ2v) is 6.63. The molecule has 1 amide bonds. The van der Waals surface area contributed by atoms with Crippen LogP contribution in [-0.2, 0) is 9.53 Å². The van der Waals surface area contributed by atoms with Gasteiger partial charge in [-0.2, -0.15) is 0 Å². The van der Waals surface area contributed by atoms with Gasteiger partial charge in [-0.25, -0.2) is 0 Å². The van der Waals surface area contributed by atoms with Crippen LogP contribution in [0.5, 0.6) is 0 Å². The standard InChI is InChI=1S/C16H30N2O2.ClH/c1-13(15-5-7-17-8-6-15)10-16(19)18(2)11-14-4-3-9-20-12-14;/h13-15,17H,3-12H2,1-2H3;1H. The molecule has 0 bridgehead atoms. The molecule has 2 unspecified atom stereocenters. The van der Waals surface area contributed by atoms with E-state index in [1.54, 1.807) is 0 Å². The average Bonchev–Trinajstić information content (AvgIpc) is 2.49. The lowest BCUT2D eigenvalue weighted by atomic mass is 9.84. The maximum Gasteiger partial charge on any atom is 0.222 e. The molecule has 2 fully saturated rings. The van der Waals surface area contributed by atoms with Crippen molar-refractivity contribution >= 4 is 18.3 Å². The third-order valence-electron chi connectivity index (χ3n) is 4.90. The van der Waals surface area contributed by atoms with Gasteiger partial charge in [0.2, 0.25) is 5.91 Å². The number of ether oxygens (including phenoxy) is 1. The van der Waals surface area contributed by atoms with Crippen molar-refractivity contribution in [2.24, 2.45) is 17.8 Å². The van der Waals surface area contributed by atoms with Crippen LogP contribution in [0.25, 0.3) is 0 Å². The van der Waals surface area contributed by atoms with Gasteiger partial charge in [-0.05, 0) is 56.5 Å². The van der Waals surface area contributed by atoms with Crippen LogP contribution in [-0.4, -0.2) is 50.7 Å². The van der Waals surface area contributed by atoms with Crippen LogP contribution >= 0.6 is 12.4 Å². The monoisotopic (exact) mass is 318 g/mol. The van der Waals surface area contributed by atoms with E-state index in [1.165, 1.54) is 19.3 Å². The summed E-state index contributed by atoms with van der Waals surface area (Å²) in [5.74, 6) is 2.06. The molecule has 2 aliphatic rings. The van der Waals surface area contributed by atoms with Crippen molar-refractivity contribution in [2.75, 3.05) is 39.9 Å². The number of hydrogen-bond acceptors (Lipinski definition) is 3. The zero-order valence-electron chi connectivity index (χ0n) is 13.5. The van der Waals surface area contributed by atoms with Crippen molar-refractivity contribution in [3.63, 3.8) is 0 Å². The molecule has 0 aromatic rings. The van der Waals surface area contributed by atoms with Crippen molar-refractivity contribution in [3.8, 4) is 0 Å². The number of halogens is 1. The summed E-state index contributed by atoms with van der Waals surface area (Å²) in [6.07, 6.45) is 5.47. The number of amides is 1. The fourth-order valence-corrected chi connectivity index (χ4v) is 3.45. The van der Waals surface area contributed by atoms with Gasteiger partial charge in [-0.1, -0.05) is 6.92 Å². The Bertz CT molecular complexity index is 303. The first kappa shape index (κ1) is 18.7. The lowest BCUT2D eigenvalue weighted by molar-refractivity contribution is -0.132. The quantitative estimate of drug-likeness (QED) is 0.846. The Kier molecular flexibility index (Phi) is 8.60. The van der Waals surface area contributed by atoms with Gasteiger partial charge in [-0.15, -0.1) is 12.4 Å². The van der Waals surface area contributed by atoms with E-state index < -0.39 is 0 Å². The van der Waals surface area contributed by atoms with Crippen molar-refractivity contribution in [3.05, 3.63) is 0 Å². The summed E-state index contributed by atoms with van der Waals surface area (Å²) in [6, 6.07) is 0. The van der Waals surface area contributed by atoms with Crippen LogP contribution in [0.15, 0.2) is 0 Å². The SMILES string of the molecule is CC(CC(=O)N(C)CC1CCCOC1)C1CCNCC1.Cl. The molecule has 2 atom stereocenters. The highest BCUT2D eigenvalue weighted by atomic mass is 35.5. The van der Waals surface area contributed by atoms with Gasteiger partial charge in [-0.3, -0.25) is 4.79 Å². The molecule has 5 heteroatoms. The first-order chi connectivity index (χ1) is 9.66.